The lowest BCUT2D eigenvalue weighted by atomic mass is 9.99. The molecule has 3 aromatic rings. The number of hydrogen-bond acceptors (Lipinski definition) is 3. The SMILES string of the molecule is CN=C(NCCc1nnc2ccccn12)N1CCC(Cc2ccccc2)C1. The van der Waals surface area contributed by atoms with Crippen molar-refractivity contribution in [3.05, 3.63) is 66.1 Å². The molecular weight excluding hydrogens is 336 g/mol. The molecule has 0 spiro atoms. The lowest BCUT2D eigenvalue weighted by Crippen LogP contribution is -2.41. The highest BCUT2D eigenvalue weighted by molar-refractivity contribution is 5.80. The van der Waals surface area contributed by atoms with E-state index in [0.29, 0.717) is 5.92 Å². The van der Waals surface area contributed by atoms with E-state index in [0.717, 1.165) is 49.9 Å². The Bertz CT molecular complexity index is 901. The van der Waals surface area contributed by atoms with Gasteiger partial charge in [0.05, 0.1) is 0 Å². The van der Waals surface area contributed by atoms with Crippen molar-refractivity contribution in [1.82, 2.24) is 24.8 Å². The molecule has 3 heterocycles. The highest BCUT2D eigenvalue weighted by Crippen LogP contribution is 2.20. The number of aliphatic imine (C=N–C) groups is 1. The first-order chi connectivity index (χ1) is 13.3. The Morgan fingerprint density at radius 3 is 2.85 bits per heavy atom. The fourth-order valence-corrected chi connectivity index (χ4v) is 3.82. The number of benzene rings is 1. The number of fused-ring (bicyclic) bond motifs is 1. The fourth-order valence-electron chi connectivity index (χ4n) is 3.82. The monoisotopic (exact) mass is 362 g/mol. The Kier molecular flexibility index (Phi) is 5.32. The van der Waals surface area contributed by atoms with Crippen LogP contribution in [0, 0.1) is 5.92 Å². The number of nitrogens with one attached hydrogen (secondary N) is 1. The van der Waals surface area contributed by atoms with Crippen LogP contribution in [0.3, 0.4) is 0 Å². The average molecular weight is 362 g/mol. The molecule has 1 fully saturated rings. The number of pyridine rings is 1. The number of likely N-dealkylation sites (tertiary alicyclic amines) is 1. The van der Waals surface area contributed by atoms with Crippen molar-refractivity contribution in [1.29, 1.82) is 0 Å². The Morgan fingerprint density at radius 2 is 2.00 bits per heavy atom. The number of hydrogen-bond donors (Lipinski definition) is 1. The number of rotatable bonds is 5. The van der Waals surface area contributed by atoms with Crippen LogP contribution in [0.2, 0.25) is 0 Å². The normalized spacial score (nSPS) is 17.6. The van der Waals surface area contributed by atoms with E-state index in [9.17, 15) is 0 Å². The van der Waals surface area contributed by atoms with E-state index in [4.69, 9.17) is 0 Å². The molecule has 1 saturated heterocycles. The summed E-state index contributed by atoms with van der Waals surface area (Å²) in [7, 11) is 1.86. The molecule has 0 aliphatic carbocycles. The third kappa shape index (κ3) is 4.10. The molecular formula is C21H26N6. The minimum Gasteiger partial charge on any atom is -0.356 e. The van der Waals surface area contributed by atoms with Crippen molar-refractivity contribution in [2.45, 2.75) is 19.3 Å². The maximum Gasteiger partial charge on any atom is 0.193 e. The molecule has 6 heteroatoms. The Hall–Kier alpha value is -2.89. The third-order valence-corrected chi connectivity index (χ3v) is 5.18. The average Bonchev–Trinajstić information content (AvgIpc) is 3.33. The first kappa shape index (κ1) is 17.5. The smallest absolute Gasteiger partial charge is 0.193 e. The highest BCUT2D eigenvalue weighted by atomic mass is 15.3. The van der Waals surface area contributed by atoms with E-state index in [1.807, 2.05) is 35.8 Å². The van der Waals surface area contributed by atoms with Gasteiger partial charge in [-0.2, -0.15) is 0 Å². The minimum absolute atomic E-state index is 0.686. The molecule has 2 aromatic heterocycles. The molecule has 1 N–H and O–H groups in total. The quantitative estimate of drug-likeness (QED) is 0.559. The number of aromatic nitrogens is 3. The van der Waals surface area contributed by atoms with Gasteiger partial charge in [0, 0.05) is 39.3 Å². The van der Waals surface area contributed by atoms with Gasteiger partial charge < -0.3 is 10.2 Å². The van der Waals surface area contributed by atoms with Gasteiger partial charge in [0.25, 0.3) is 0 Å². The molecule has 1 aliphatic heterocycles. The van der Waals surface area contributed by atoms with E-state index < -0.39 is 0 Å². The summed E-state index contributed by atoms with van der Waals surface area (Å²) in [4.78, 5) is 6.85. The predicted octanol–water partition coefficient (Wildman–Crippen LogP) is 2.41. The van der Waals surface area contributed by atoms with Crippen molar-refractivity contribution in [2.75, 3.05) is 26.7 Å². The van der Waals surface area contributed by atoms with E-state index in [1.54, 1.807) is 0 Å². The molecule has 140 valence electrons. The van der Waals surface area contributed by atoms with E-state index in [1.165, 1.54) is 12.0 Å². The summed E-state index contributed by atoms with van der Waals surface area (Å²) in [6.07, 6.45) is 5.17. The lowest BCUT2D eigenvalue weighted by molar-refractivity contribution is 0.460. The molecule has 1 atom stereocenters. The van der Waals surface area contributed by atoms with Crippen LogP contribution in [0.5, 0.6) is 0 Å². The molecule has 0 saturated carbocycles. The van der Waals surface area contributed by atoms with Crippen LogP contribution in [0.4, 0.5) is 0 Å². The molecule has 6 nitrogen and oxygen atoms in total. The summed E-state index contributed by atoms with van der Waals surface area (Å²) in [5.74, 6) is 2.64. The van der Waals surface area contributed by atoms with Crippen LogP contribution in [0.25, 0.3) is 5.65 Å². The second-order valence-electron chi connectivity index (χ2n) is 7.06. The first-order valence-electron chi connectivity index (χ1n) is 9.61. The van der Waals surface area contributed by atoms with Crippen molar-refractivity contribution in [3.63, 3.8) is 0 Å². The Morgan fingerprint density at radius 1 is 1.15 bits per heavy atom. The Balaban J connectivity index is 1.29. The maximum atomic E-state index is 4.48. The molecule has 27 heavy (non-hydrogen) atoms. The van der Waals surface area contributed by atoms with Gasteiger partial charge in [-0.1, -0.05) is 36.4 Å². The highest BCUT2D eigenvalue weighted by Gasteiger charge is 2.24. The van der Waals surface area contributed by atoms with Gasteiger partial charge in [0.2, 0.25) is 0 Å². The summed E-state index contributed by atoms with van der Waals surface area (Å²) < 4.78 is 2.04. The zero-order valence-corrected chi connectivity index (χ0v) is 15.8. The van der Waals surface area contributed by atoms with Gasteiger partial charge in [-0.3, -0.25) is 9.39 Å². The van der Waals surface area contributed by atoms with E-state index in [-0.39, 0.29) is 0 Å². The van der Waals surface area contributed by atoms with Crippen LogP contribution < -0.4 is 5.32 Å². The third-order valence-electron chi connectivity index (χ3n) is 5.18. The van der Waals surface area contributed by atoms with Gasteiger partial charge in [0.15, 0.2) is 11.6 Å². The van der Waals surface area contributed by atoms with Crippen molar-refractivity contribution < 1.29 is 0 Å². The summed E-state index contributed by atoms with van der Waals surface area (Å²) in [5.41, 5.74) is 2.31. The van der Waals surface area contributed by atoms with Crippen LogP contribution in [-0.4, -0.2) is 52.1 Å². The number of nitrogens with zero attached hydrogens (tertiary/aromatic N) is 5. The zero-order chi connectivity index (χ0) is 18.5. The van der Waals surface area contributed by atoms with Crippen molar-refractivity contribution >= 4 is 11.6 Å². The molecule has 1 aromatic carbocycles. The molecule has 4 rings (SSSR count). The Labute approximate surface area is 159 Å². The van der Waals surface area contributed by atoms with Gasteiger partial charge in [0.1, 0.15) is 5.82 Å². The zero-order valence-electron chi connectivity index (χ0n) is 15.8. The molecule has 0 bridgehead atoms. The summed E-state index contributed by atoms with van der Waals surface area (Å²) in [5, 5.41) is 12.0. The van der Waals surface area contributed by atoms with Crippen LogP contribution in [0.15, 0.2) is 59.7 Å². The fraction of sp³-hybridized carbons (Fsp3) is 0.381. The van der Waals surface area contributed by atoms with Crippen LogP contribution in [-0.2, 0) is 12.8 Å². The number of guanidine groups is 1. The maximum absolute atomic E-state index is 4.48. The largest absolute Gasteiger partial charge is 0.356 e. The summed E-state index contributed by atoms with van der Waals surface area (Å²) in [6, 6.07) is 16.7. The van der Waals surface area contributed by atoms with Gasteiger partial charge in [-0.15, -0.1) is 10.2 Å². The predicted molar refractivity (Wildman–Crippen MR) is 108 cm³/mol. The molecule has 0 amide bonds. The summed E-state index contributed by atoms with van der Waals surface area (Å²) >= 11 is 0. The molecule has 0 radical (unpaired) electrons. The van der Waals surface area contributed by atoms with E-state index in [2.05, 4.69) is 55.7 Å². The minimum atomic E-state index is 0.686. The standard InChI is InChI=1S/C21H26N6/c1-22-21(23-12-10-20-25-24-19-9-5-6-13-27(19)20)26-14-11-18(16-26)15-17-7-3-2-4-8-17/h2-9,13,18H,10-12,14-16H2,1H3,(H,22,23). The molecule has 1 aliphatic rings. The molecule has 1 unspecified atom stereocenters. The second kappa shape index (κ2) is 8.20. The lowest BCUT2D eigenvalue weighted by Gasteiger charge is -2.21. The van der Waals surface area contributed by atoms with Crippen LogP contribution >= 0.6 is 0 Å². The van der Waals surface area contributed by atoms with Gasteiger partial charge in [-0.25, -0.2) is 0 Å². The summed E-state index contributed by atoms with van der Waals surface area (Å²) in [6.45, 7) is 2.91. The second-order valence-corrected chi connectivity index (χ2v) is 7.06. The van der Waals surface area contributed by atoms with Crippen LogP contribution in [0.1, 0.15) is 17.8 Å². The van der Waals surface area contributed by atoms with Gasteiger partial charge in [-0.05, 0) is 36.5 Å². The first-order valence-corrected chi connectivity index (χ1v) is 9.61. The van der Waals surface area contributed by atoms with Crippen molar-refractivity contribution in [2.24, 2.45) is 10.9 Å². The van der Waals surface area contributed by atoms with Gasteiger partial charge >= 0.3 is 0 Å². The van der Waals surface area contributed by atoms with Crippen molar-refractivity contribution in [3.8, 4) is 0 Å². The topological polar surface area (TPSA) is 57.8 Å². The van der Waals surface area contributed by atoms with E-state index >= 15 is 0 Å².